The minimum atomic E-state index is -0.00331. The van der Waals surface area contributed by atoms with Gasteiger partial charge in [0.05, 0.1) is 11.4 Å². The molecule has 1 amide bonds. The average molecular weight is 276 g/mol. The molecule has 1 aromatic rings. The van der Waals surface area contributed by atoms with E-state index < -0.39 is 0 Å². The second-order valence-corrected chi connectivity index (χ2v) is 5.72. The van der Waals surface area contributed by atoms with E-state index in [-0.39, 0.29) is 5.91 Å². The highest BCUT2D eigenvalue weighted by molar-refractivity contribution is 5.95. The minimum absolute atomic E-state index is 0.00331. The standard InChI is InChI=1S/C15H24N4O/c1-18(2)15(20)11-4-5-13(16)14(10-11)17-12-6-8-19(3)9-7-12/h4-5,10,12,17H,6-9,16H2,1-3H3. The average Bonchev–Trinajstić information content (AvgIpc) is 2.43. The third-order valence-corrected chi connectivity index (χ3v) is 3.78. The molecule has 0 bridgehead atoms. The fraction of sp³-hybridized carbons (Fsp3) is 0.533. The molecule has 2 rings (SSSR count). The van der Waals surface area contributed by atoms with E-state index in [1.165, 1.54) is 0 Å². The Labute approximate surface area is 120 Å². The minimum Gasteiger partial charge on any atom is -0.397 e. The zero-order valence-electron chi connectivity index (χ0n) is 12.5. The van der Waals surface area contributed by atoms with E-state index in [0.29, 0.717) is 17.3 Å². The number of nitrogens with one attached hydrogen (secondary N) is 1. The summed E-state index contributed by atoms with van der Waals surface area (Å²) in [5.41, 5.74) is 8.24. The van der Waals surface area contributed by atoms with Gasteiger partial charge >= 0.3 is 0 Å². The van der Waals surface area contributed by atoms with Gasteiger partial charge < -0.3 is 20.9 Å². The van der Waals surface area contributed by atoms with Gasteiger partial charge in [0.25, 0.3) is 5.91 Å². The monoisotopic (exact) mass is 276 g/mol. The van der Waals surface area contributed by atoms with Crippen LogP contribution in [0.5, 0.6) is 0 Å². The molecule has 1 saturated heterocycles. The first-order valence-electron chi connectivity index (χ1n) is 7.03. The summed E-state index contributed by atoms with van der Waals surface area (Å²) in [5.74, 6) is -0.00331. The molecule has 0 spiro atoms. The Hall–Kier alpha value is -1.75. The zero-order chi connectivity index (χ0) is 14.7. The van der Waals surface area contributed by atoms with Crippen molar-refractivity contribution in [3.63, 3.8) is 0 Å². The molecular formula is C15H24N4O. The normalized spacial score (nSPS) is 16.9. The van der Waals surface area contributed by atoms with Crippen LogP contribution in [0.25, 0.3) is 0 Å². The number of nitrogens with two attached hydrogens (primary N) is 1. The second kappa shape index (κ2) is 6.13. The molecule has 3 N–H and O–H groups in total. The Morgan fingerprint density at radius 3 is 2.60 bits per heavy atom. The van der Waals surface area contributed by atoms with Crippen LogP contribution in [-0.4, -0.2) is 56.0 Å². The summed E-state index contributed by atoms with van der Waals surface area (Å²) in [5, 5.41) is 3.48. The van der Waals surface area contributed by atoms with Crippen LogP contribution in [0.4, 0.5) is 11.4 Å². The van der Waals surface area contributed by atoms with Crippen molar-refractivity contribution in [1.29, 1.82) is 0 Å². The highest BCUT2D eigenvalue weighted by Gasteiger charge is 2.18. The third kappa shape index (κ3) is 3.42. The van der Waals surface area contributed by atoms with E-state index in [9.17, 15) is 4.79 Å². The van der Waals surface area contributed by atoms with Crippen LogP contribution in [0.3, 0.4) is 0 Å². The maximum absolute atomic E-state index is 12.0. The molecule has 0 radical (unpaired) electrons. The maximum atomic E-state index is 12.0. The fourth-order valence-electron chi connectivity index (χ4n) is 2.45. The molecule has 110 valence electrons. The number of piperidine rings is 1. The van der Waals surface area contributed by atoms with Gasteiger partial charge in [-0.2, -0.15) is 0 Å². The molecule has 0 aromatic heterocycles. The SMILES string of the molecule is CN1CCC(Nc2cc(C(=O)N(C)C)ccc2N)CC1. The molecule has 1 aliphatic rings. The molecule has 0 aliphatic carbocycles. The first-order chi connectivity index (χ1) is 9.47. The van der Waals surface area contributed by atoms with Crippen LogP contribution in [0, 0.1) is 0 Å². The Morgan fingerprint density at radius 1 is 1.35 bits per heavy atom. The van der Waals surface area contributed by atoms with Gasteiger partial charge in [0.2, 0.25) is 0 Å². The highest BCUT2D eigenvalue weighted by Crippen LogP contribution is 2.24. The number of nitrogens with zero attached hydrogens (tertiary/aromatic N) is 2. The molecule has 5 nitrogen and oxygen atoms in total. The second-order valence-electron chi connectivity index (χ2n) is 5.72. The number of rotatable bonds is 3. The van der Waals surface area contributed by atoms with Crippen LogP contribution in [-0.2, 0) is 0 Å². The van der Waals surface area contributed by atoms with Crippen LogP contribution in [0.2, 0.25) is 0 Å². The number of nitrogen functional groups attached to an aromatic ring is 1. The van der Waals surface area contributed by atoms with Crippen molar-refractivity contribution in [3.8, 4) is 0 Å². The lowest BCUT2D eigenvalue weighted by Gasteiger charge is -2.30. The topological polar surface area (TPSA) is 61.6 Å². The maximum Gasteiger partial charge on any atom is 0.253 e. The number of benzene rings is 1. The predicted octanol–water partition coefficient (Wildman–Crippen LogP) is 1.48. The third-order valence-electron chi connectivity index (χ3n) is 3.78. The first kappa shape index (κ1) is 14.7. The number of hydrogen-bond donors (Lipinski definition) is 2. The van der Waals surface area contributed by atoms with Crippen LogP contribution in [0.15, 0.2) is 18.2 Å². The summed E-state index contributed by atoms with van der Waals surface area (Å²) in [6.07, 6.45) is 2.20. The zero-order valence-corrected chi connectivity index (χ0v) is 12.5. The lowest BCUT2D eigenvalue weighted by molar-refractivity contribution is 0.0827. The summed E-state index contributed by atoms with van der Waals surface area (Å²) >= 11 is 0. The van der Waals surface area contributed by atoms with Gasteiger partial charge in [-0.25, -0.2) is 0 Å². The summed E-state index contributed by atoms with van der Waals surface area (Å²) in [4.78, 5) is 15.9. The lowest BCUT2D eigenvalue weighted by Crippen LogP contribution is -2.36. The van der Waals surface area contributed by atoms with Crippen LogP contribution >= 0.6 is 0 Å². The Balaban J connectivity index is 2.11. The van der Waals surface area contributed by atoms with Gasteiger partial charge in [0.1, 0.15) is 0 Å². The molecule has 20 heavy (non-hydrogen) atoms. The number of carbonyl (C=O) groups excluding carboxylic acids is 1. The Bertz CT molecular complexity index is 479. The molecule has 0 atom stereocenters. The molecule has 1 aromatic carbocycles. The van der Waals surface area contributed by atoms with Crippen molar-refractivity contribution in [2.45, 2.75) is 18.9 Å². The summed E-state index contributed by atoms with van der Waals surface area (Å²) in [7, 11) is 5.65. The van der Waals surface area contributed by atoms with Gasteiger partial charge in [-0.05, 0) is 51.2 Å². The quantitative estimate of drug-likeness (QED) is 0.821. The summed E-state index contributed by atoms with van der Waals surface area (Å²) < 4.78 is 0. The summed E-state index contributed by atoms with van der Waals surface area (Å²) in [6.45, 7) is 2.18. The van der Waals surface area contributed by atoms with E-state index in [4.69, 9.17) is 5.73 Å². The molecular weight excluding hydrogens is 252 g/mol. The molecule has 1 fully saturated rings. The van der Waals surface area contributed by atoms with Gasteiger partial charge in [-0.15, -0.1) is 0 Å². The lowest BCUT2D eigenvalue weighted by atomic mass is 10.0. The molecule has 5 heteroatoms. The van der Waals surface area contributed by atoms with Crippen molar-refractivity contribution in [2.75, 3.05) is 45.3 Å². The van der Waals surface area contributed by atoms with E-state index >= 15 is 0 Å². The number of amides is 1. The molecule has 0 unspecified atom stereocenters. The number of hydrogen-bond acceptors (Lipinski definition) is 4. The van der Waals surface area contributed by atoms with Crippen molar-refractivity contribution in [2.24, 2.45) is 0 Å². The van der Waals surface area contributed by atoms with Crippen molar-refractivity contribution in [1.82, 2.24) is 9.80 Å². The van der Waals surface area contributed by atoms with Gasteiger partial charge in [-0.3, -0.25) is 4.79 Å². The van der Waals surface area contributed by atoms with Gasteiger partial charge in [0, 0.05) is 25.7 Å². The summed E-state index contributed by atoms with van der Waals surface area (Å²) in [6, 6.07) is 5.86. The van der Waals surface area contributed by atoms with Gasteiger partial charge in [-0.1, -0.05) is 0 Å². The van der Waals surface area contributed by atoms with E-state index in [2.05, 4.69) is 17.3 Å². The van der Waals surface area contributed by atoms with E-state index in [1.807, 2.05) is 6.07 Å². The number of likely N-dealkylation sites (tertiary alicyclic amines) is 1. The predicted molar refractivity (Wildman–Crippen MR) is 83.0 cm³/mol. The van der Waals surface area contributed by atoms with E-state index in [1.54, 1.807) is 31.1 Å². The smallest absolute Gasteiger partial charge is 0.253 e. The molecule has 1 heterocycles. The number of carbonyl (C=O) groups is 1. The fourth-order valence-corrected chi connectivity index (χ4v) is 2.45. The molecule has 1 aliphatic heterocycles. The Kier molecular flexibility index (Phi) is 4.49. The number of anilines is 2. The van der Waals surface area contributed by atoms with Gasteiger partial charge in [0.15, 0.2) is 0 Å². The van der Waals surface area contributed by atoms with Crippen LogP contribution < -0.4 is 11.1 Å². The van der Waals surface area contributed by atoms with Crippen LogP contribution in [0.1, 0.15) is 23.2 Å². The molecule has 0 saturated carbocycles. The van der Waals surface area contributed by atoms with Crippen molar-refractivity contribution in [3.05, 3.63) is 23.8 Å². The largest absolute Gasteiger partial charge is 0.397 e. The van der Waals surface area contributed by atoms with E-state index in [0.717, 1.165) is 31.6 Å². The first-order valence-corrected chi connectivity index (χ1v) is 7.03. The van der Waals surface area contributed by atoms with Crippen molar-refractivity contribution < 1.29 is 4.79 Å². The Morgan fingerprint density at radius 2 is 2.00 bits per heavy atom. The van der Waals surface area contributed by atoms with Crippen molar-refractivity contribution >= 4 is 17.3 Å². The highest BCUT2D eigenvalue weighted by atomic mass is 16.2.